The number of carbonyl (C=O) groups excluding carboxylic acids is 3. The number of amides is 5. The van der Waals surface area contributed by atoms with E-state index in [1.807, 2.05) is 13.8 Å². The van der Waals surface area contributed by atoms with Gasteiger partial charge in [-0.05, 0) is 12.8 Å². The van der Waals surface area contributed by atoms with Crippen LogP contribution in [0.4, 0.5) is 9.59 Å². The molecule has 0 aliphatic heterocycles. The second-order valence-electron chi connectivity index (χ2n) is 3.60. The summed E-state index contributed by atoms with van der Waals surface area (Å²) < 4.78 is 0. The summed E-state index contributed by atoms with van der Waals surface area (Å²) in [6, 6.07) is -2.24. The van der Waals surface area contributed by atoms with E-state index in [2.05, 4.69) is 0 Å². The summed E-state index contributed by atoms with van der Waals surface area (Å²) in [6.45, 7) is 3.82. The second-order valence-corrected chi connectivity index (χ2v) is 3.60. The van der Waals surface area contributed by atoms with E-state index < -0.39 is 18.0 Å². The molecule has 5 amide bonds. The maximum atomic E-state index is 11.8. The zero-order chi connectivity index (χ0) is 12.7. The van der Waals surface area contributed by atoms with Crippen molar-refractivity contribution in [2.45, 2.75) is 39.5 Å². The van der Waals surface area contributed by atoms with E-state index in [4.69, 9.17) is 11.5 Å². The molecule has 6 nitrogen and oxygen atoms in total. The average Bonchev–Trinajstić information content (AvgIpc) is 2.17. The van der Waals surface area contributed by atoms with E-state index in [1.165, 1.54) is 0 Å². The summed E-state index contributed by atoms with van der Waals surface area (Å²) in [7, 11) is 0. The van der Waals surface area contributed by atoms with Gasteiger partial charge in [-0.3, -0.25) is 4.79 Å². The zero-order valence-electron chi connectivity index (χ0n) is 9.73. The summed E-state index contributed by atoms with van der Waals surface area (Å²) in [6.07, 6.45) is 2.98. The van der Waals surface area contributed by atoms with Crippen molar-refractivity contribution in [3.05, 3.63) is 0 Å². The molecule has 1 unspecified atom stereocenters. The van der Waals surface area contributed by atoms with Crippen LogP contribution in [0.2, 0.25) is 0 Å². The van der Waals surface area contributed by atoms with Crippen molar-refractivity contribution < 1.29 is 14.4 Å². The summed E-state index contributed by atoms with van der Waals surface area (Å²) >= 11 is 0. The average molecular weight is 229 g/mol. The third-order valence-corrected chi connectivity index (χ3v) is 2.41. The number of urea groups is 2. The van der Waals surface area contributed by atoms with Crippen molar-refractivity contribution in [2.24, 2.45) is 17.4 Å². The predicted molar refractivity (Wildman–Crippen MR) is 59.3 cm³/mol. The van der Waals surface area contributed by atoms with Crippen LogP contribution in [0.5, 0.6) is 0 Å². The fourth-order valence-corrected chi connectivity index (χ4v) is 1.46. The molecule has 4 N–H and O–H groups in total. The molecule has 0 bridgehead atoms. The van der Waals surface area contributed by atoms with Crippen LogP contribution in [-0.4, -0.2) is 22.9 Å². The lowest BCUT2D eigenvalue weighted by Crippen LogP contribution is -2.50. The van der Waals surface area contributed by atoms with E-state index in [-0.39, 0.29) is 5.92 Å². The van der Waals surface area contributed by atoms with E-state index in [9.17, 15) is 14.4 Å². The molecule has 1 atom stereocenters. The molecule has 16 heavy (non-hydrogen) atoms. The second kappa shape index (κ2) is 6.81. The molecule has 0 rings (SSSR count). The van der Waals surface area contributed by atoms with Gasteiger partial charge < -0.3 is 11.5 Å². The molecule has 0 saturated heterocycles. The summed E-state index contributed by atoms with van der Waals surface area (Å²) in [5.74, 6) is -0.976. The number of imide groups is 3. The van der Waals surface area contributed by atoms with Crippen LogP contribution in [0, 0.1) is 5.92 Å². The van der Waals surface area contributed by atoms with Crippen LogP contribution in [0.25, 0.3) is 0 Å². The molecule has 92 valence electrons. The number of primary amides is 2. The molecule has 0 aromatic carbocycles. The molecule has 0 aromatic rings. The molecule has 0 aliphatic rings. The van der Waals surface area contributed by atoms with E-state index in [0.29, 0.717) is 17.7 Å². The first kappa shape index (κ1) is 14.4. The van der Waals surface area contributed by atoms with Crippen molar-refractivity contribution in [3.63, 3.8) is 0 Å². The predicted octanol–water partition coefficient (Wildman–Crippen LogP) is 1.19. The Balaban J connectivity index is 4.68. The Morgan fingerprint density at radius 1 is 1.12 bits per heavy atom. The molecule has 6 heteroatoms. The van der Waals surface area contributed by atoms with Gasteiger partial charge >= 0.3 is 12.1 Å². The van der Waals surface area contributed by atoms with Gasteiger partial charge in [0, 0.05) is 5.92 Å². The van der Waals surface area contributed by atoms with Crippen molar-refractivity contribution >= 4 is 18.0 Å². The Hall–Kier alpha value is -1.59. The van der Waals surface area contributed by atoms with Crippen molar-refractivity contribution in [3.8, 4) is 0 Å². The van der Waals surface area contributed by atoms with Crippen molar-refractivity contribution in [1.82, 2.24) is 4.90 Å². The highest BCUT2D eigenvalue weighted by Gasteiger charge is 2.29. The SMILES string of the molecule is CCCCC(CC)C(=O)N(C(N)=O)C(N)=O. The number of hydrogen-bond acceptors (Lipinski definition) is 3. The maximum Gasteiger partial charge on any atom is 0.329 e. The first-order chi connectivity index (χ1) is 7.45. The quantitative estimate of drug-likeness (QED) is 0.739. The molecule has 0 saturated carbocycles. The number of nitrogens with two attached hydrogens (primary N) is 2. The monoisotopic (exact) mass is 229 g/mol. The lowest BCUT2D eigenvalue weighted by Gasteiger charge is -2.20. The maximum absolute atomic E-state index is 11.8. The highest BCUT2D eigenvalue weighted by Crippen LogP contribution is 2.15. The van der Waals surface area contributed by atoms with Crippen LogP contribution in [0.15, 0.2) is 0 Å². The minimum Gasteiger partial charge on any atom is -0.351 e. The van der Waals surface area contributed by atoms with Gasteiger partial charge in [-0.15, -0.1) is 0 Å². The first-order valence-electron chi connectivity index (χ1n) is 5.38. The van der Waals surface area contributed by atoms with E-state index in [0.717, 1.165) is 12.8 Å². The van der Waals surface area contributed by atoms with E-state index >= 15 is 0 Å². The van der Waals surface area contributed by atoms with Gasteiger partial charge in [0.05, 0.1) is 0 Å². The number of nitrogens with zero attached hydrogens (tertiary/aromatic N) is 1. The number of hydrogen-bond donors (Lipinski definition) is 2. The molecule has 0 aromatic heterocycles. The van der Waals surface area contributed by atoms with Crippen LogP contribution < -0.4 is 11.5 Å². The third-order valence-electron chi connectivity index (χ3n) is 2.41. The first-order valence-corrected chi connectivity index (χ1v) is 5.38. The van der Waals surface area contributed by atoms with Crippen molar-refractivity contribution in [2.75, 3.05) is 0 Å². The van der Waals surface area contributed by atoms with Gasteiger partial charge in [0.1, 0.15) is 0 Å². The van der Waals surface area contributed by atoms with Gasteiger partial charge in [0.15, 0.2) is 0 Å². The Morgan fingerprint density at radius 3 is 1.94 bits per heavy atom. The standard InChI is InChI=1S/C10H19N3O3/c1-3-5-6-7(4-2)8(14)13(9(11)15)10(12)16/h7H,3-6H2,1-2H3,(H2,11,15)(H2,12,16). The number of rotatable bonds is 5. The highest BCUT2D eigenvalue weighted by atomic mass is 16.2. The lowest BCUT2D eigenvalue weighted by atomic mass is 9.98. The number of carbonyl (C=O) groups is 3. The van der Waals surface area contributed by atoms with E-state index in [1.54, 1.807) is 0 Å². The van der Waals surface area contributed by atoms with Gasteiger partial charge in [-0.25, -0.2) is 9.59 Å². The molecule has 0 radical (unpaired) electrons. The molecular weight excluding hydrogens is 210 g/mol. The summed E-state index contributed by atoms with van der Waals surface area (Å²) in [4.78, 5) is 33.9. The Bertz CT molecular complexity index is 264. The third kappa shape index (κ3) is 3.88. The van der Waals surface area contributed by atoms with Crippen LogP contribution >= 0.6 is 0 Å². The van der Waals surface area contributed by atoms with Crippen molar-refractivity contribution in [1.29, 1.82) is 0 Å². The Kier molecular flexibility index (Phi) is 6.14. The smallest absolute Gasteiger partial charge is 0.329 e. The zero-order valence-corrected chi connectivity index (χ0v) is 9.73. The normalized spacial score (nSPS) is 11.9. The summed E-state index contributed by atoms with van der Waals surface area (Å²) in [5.41, 5.74) is 9.85. The molecule has 0 aliphatic carbocycles. The fraction of sp³-hybridized carbons (Fsp3) is 0.700. The molecule has 0 heterocycles. The van der Waals surface area contributed by atoms with Crippen LogP contribution in [-0.2, 0) is 4.79 Å². The molecular formula is C10H19N3O3. The highest BCUT2D eigenvalue weighted by molar-refractivity contribution is 6.09. The fourth-order valence-electron chi connectivity index (χ4n) is 1.46. The van der Waals surface area contributed by atoms with Gasteiger partial charge in [0.2, 0.25) is 5.91 Å². The molecule has 0 fully saturated rings. The minimum atomic E-state index is -1.12. The van der Waals surface area contributed by atoms with Crippen LogP contribution in [0.1, 0.15) is 39.5 Å². The van der Waals surface area contributed by atoms with Gasteiger partial charge in [0.25, 0.3) is 0 Å². The topological polar surface area (TPSA) is 106 Å². The minimum absolute atomic E-state index is 0.309. The lowest BCUT2D eigenvalue weighted by molar-refractivity contribution is -0.130. The van der Waals surface area contributed by atoms with Gasteiger partial charge in [-0.1, -0.05) is 26.7 Å². The number of unbranched alkanes of at least 4 members (excludes halogenated alkanes) is 1. The van der Waals surface area contributed by atoms with Gasteiger partial charge in [-0.2, -0.15) is 4.90 Å². The molecule has 0 spiro atoms. The largest absolute Gasteiger partial charge is 0.351 e. The summed E-state index contributed by atoms with van der Waals surface area (Å²) in [5, 5.41) is 0. The Labute approximate surface area is 94.9 Å². The van der Waals surface area contributed by atoms with Crippen LogP contribution in [0.3, 0.4) is 0 Å². The Morgan fingerprint density at radius 2 is 1.62 bits per heavy atom.